The van der Waals surface area contributed by atoms with Crippen LogP contribution in [0.15, 0.2) is 28.7 Å². The summed E-state index contributed by atoms with van der Waals surface area (Å²) < 4.78 is 1.07. The molecule has 3 rings (SSSR count). The first kappa shape index (κ1) is 13.9. The predicted molar refractivity (Wildman–Crippen MR) is 82.6 cm³/mol. The fourth-order valence-electron chi connectivity index (χ4n) is 3.19. The Labute approximate surface area is 128 Å². The van der Waals surface area contributed by atoms with Crippen LogP contribution in [0.1, 0.15) is 24.4 Å². The zero-order valence-electron chi connectivity index (χ0n) is 11.7. The van der Waals surface area contributed by atoms with Gasteiger partial charge in [0.25, 0.3) is 0 Å². The Balaban J connectivity index is 1.79. The van der Waals surface area contributed by atoms with E-state index < -0.39 is 0 Å². The molecule has 0 aromatic heterocycles. The van der Waals surface area contributed by atoms with Gasteiger partial charge < -0.3 is 15.1 Å². The van der Waals surface area contributed by atoms with Crippen molar-refractivity contribution in [3.63, 3.8) is 0 Å². The number of carbonyl (C=O) groups excluding carboxylic acids is 1. The average Bonchev–Trinajstić information content (AvgIpc) is 2.76. The third kappa shape index (κ3) is 2.56. The maximum absolute atomic E-state index is 12.5. The Morgan fingerprint density at radius 1 is 1.30 bits per heavy atom. The van der Waals surface area contributed by atoms with Gasteiger partial charge in [-0.3, -0.25) is 0 Å². The van der Waals surface area contributed by atoms with E-state index in [4.69, 9.17) is 0 Å². The van der Waals surface area contributed by atoms with Crippen LogP contribution >= 0.6 is 15.9 Å². The summed E-state index contributed by atoms with van der Waals surface area (Å²) >= 11 is 3.51. The lowest BCUT2D eigenvalue weighted by Crippen LogP contribution is -2.44. The minimum absolute atomic E-state index is 0.162. The molecule has 5 heteroatoms. The number of nitrogens with zero attached hydrogens (tertiary/aromatic N) is 2. The minimum Gasteiger partial charge on any atom is -0.319 e. The number of rotatable bonds is 2. The zero-order valence-corrected chi connectivity index (χ0v) is 13.3. The van der Waals surface area contributed by atoms with Gasteiger partial charge in [-0.05, 0) is 43.6 Å². The van der Waals surface area contributed by atoms with Gasteiger partial charge in [0.1, 0.15) is 0 Å². The van der Waals surface area contributed by atoms with E-state index in [0.717, 1.165) is 36.9 Å². The quantitative estimate of drug-likeness (QED) is 0.900. The van der Waals surface area contributed by atoms with Gasteiger partial charge in [-0.25, -0.2) is 4.79 Å². The number of benzene rings is 1. The molecule has 108 valence electrons. The highest BCUT2D eigenvalue weighted by Gasteiger charge is 2.39. The molecule has 0 radical (unpaired) electrons. The molecule has 2 aliphatic rings. The molecule has 2 fully saturated rings. The molecule has 2 aliphatic heterocycles. The summed E-state index contributed by atoms with van der Waals surface area (Å²) in [6.45, 7) is 2.83. The molecule has 2 saturated heterocycles. The monoisotopic (exact) mass is 337 g/mol. The van der Waals surface area contributed by atoms with Crippen LogP contribution in [-0.4, -0.2) is 48.6 Å². The number of carbonyl (C=O) groups is 1. The minimum atomic E-state index is 0.162. The molecule has 1 atom stereocenters. The lowest BCUT2D eigenvalue weighted by atomic mass is 10.0. The first-order valence-corrected chi connectivity index (χ1v) is 7.96. The van der Waals surface area contributed by atoms with Crippen molar-refractivity contribution < 1.29 is 4.79 Å². The van der Waals surface area contributed by atoms with E-state index in [1.807, 2.05) is 24.1 Å². The van der Waals surface area contributed by atoms with Gasteiger partial charge in [-0.15, -0.1) is 0 Å². The van der Waals surface area contributed by atoms with Gasteiger partial charge in [0.2, 0.25) is 0 Å². The number of hydrogen-bond donors (Lipinski definition) is 1. The number of nitrogens with one attached hydrogen (secondary N) is 1. The van der Waals surface area contributed by atoms with Crippen molar-refractivity contribution in [3.8, 4) is 0 Å². The van der Waals surface area contributed by atoms with Gasteiger partial charge in [0.05, 0.1) is 6.04 Å². The number of likely N-dealkylation sites (N-methyl/N-ethyl adjacent to an activating group) is 1. The molecule has 2 amide bonds. The molecule has 1 N–H and O–H groups in total. The highest BCUT2D eigenvalue weighted by atomic mass is 79.9. The number of halogens is 1. The van der Waals surface area contributed by atoms with Crippen LogP contribution in [0.3, 0.4) is 0 Å². The smallest absolute Gasteiger partial charge is 0.319 e. The summed E-state index contributed by atoms with van der Waals surface area (Å²) in [6.07, 6.45) is 2.12. The van der Waals surface area contributed by atoms with Crippen LogP contribution in [0.2, 0.25) is 0 Å². The van der Waals surface area contributed by atoms with Crippen molar-refractivity contribution in [1.29, 1.82) is 0 Å². The Hall–Kier alpha value is -1.07. The second kappa shape index (κ2) is 5.74. The van der Waals surface area contributed by atoms with Crippen molar-refractivity contribution in [2.24, 2.45) is 0 Å². The molecule has 0 saturated carbocycles. The highest BCUT2D eigenvalue weighted by Crippen LogP contribution is 2.32. The van der Waals surface area contributed by atoms with E-state index >= 15 is 0 Å². The molecule has 2 heterocycles. The third-order valence-corrected chi connectivity index (χ3v) is 4.86. The van der Waals surface area contributed by atoms with Gasteiger partial charge >= 0.3 is 6.03 Å². The second-order valence-electron chi connectivity index (χ2n) is 5.60. The summed E-state index contributed by atoms with van der Waals surface area (Å²) in [5.74, 6) is 0. The van der Waals surface area contributed by atoms with Crippen molar-refractivity contribution >= 4 is 22.0 Å². The largest absolute Gasteiger partial charge is 0.320 e. The molecule has 0 bridgehead atoms. The normalized spacial score (nSPS) is 24.5. The van der Waals surface area contributed by atoms with Crippen molar-refractivity contribution in [1.82, 2.24) is 15.1 Å². The predicted octanol–water partition coefficient (Wildman–Crippen LogP) is 2.61. The number of hydrogen-bond acceptors (Lipinski definition) is 2. The third-order valence-electron chi connectivity index (χ3n) is 4.37. The highest BCUT2D eigenvalue weighted by molar-refractivity contribution is 9.10. The van der Waals surface area contributed by atoms with Crippen LogP contribution in [0.4, 0.5) is 4.79 Å². The van der Waals surface area contributed by atoms with Crippen LogP contribution in [-0.2, 0) is 0 Å². The molecule has 1 unspecified atom stereocenters. The lowest BCUT2D eigenvalue weighted by Gasteiger charge is -2.30. The van der Waals surface area contributed by atoms with Gasteiger partial charge in [0.15, 0.2) is 0 Å². The van der Waals surface area contributed by atoms with E-state index in [1.165, 1.54) is 5.56 Å². The maximum atomic E-state index is 12.5. The fourth-order valence-corrected chi connectivity index (χ4v) is 3.61. The van der Waals surface area contributed by atoms with E-state index in [-0.39, 0.29) is 12.1 Å². The topological polar surface area (TPSA) is 35.6 Å². The van der Waals surface area contributed by atoms with E-state index in [0.29, 0.717) is 6.04 Å². The number of urea groups is 1. The summed E-state index contributed by atoms with van der Waals surface area (Å²) in [7, 11) is 1.91. The van der Waals surface area contributed by atoms with Gasteiger partial charge in [-0.2, -0.15) is 0 Å². The van der Waals surface area contributed by atoms with Crippen LogP contribution in [0.5, 0.6) is 0 Å². The standard InChI is InChI=1S/C15H20BrN3O/c1-18-14(11-3-2-4-12(16)9-11)10-19(15(18)20)13-5-7-17-8-6-13/h2-4,9,13-14,17H,5-8,10H2,1H3. The molecular formula is C15H20BrN3O. The maximum Gasteiger partial charge on any atom is 0.320 e. The van der Waals surface area contributed by atoms with E-state index in [1.54, 1.807) is 0 Å². The second-order valence-corrected chi connectivity index (χ2v) is 6.51. The molecule has 1 aromatic carbocycles. The Kier molecular flexibility index (Phi) is 3.98. The fraction of sp³-hybridized carbons (Fsp3) is 0.533. The summed E-state index contributed by atoms with van der Waals surface area (Å²) in [6, 6.07) is 8.99. The van der Waals surface area contributed by atoms with Crippen LogP contribution < -0.4 is 5.32 Å². The van der Waals surface area contributed by atoms with Gasteiger partial charge in [-0.1, -0.05) is 28.1 Å². The summed E-state index contributed by atoms with van der Waals surface area (Å²) in [5.41, 5.74) is 1.20. The Morgan fingerprint density at radius 2 is 2.05 bits per heavy atom. The SMILES string of the molecule is CN1C(=O)N(C2CCNCC2)CC1c1cccc(Br)c1. The Morgan fingerprint density at radius 3 is 2.75 bits per heavy atom. The van der Waals surface area contributed by atoms with Crippen LogP contribution in [0.25, 0.3) is 0 Å². The zero-order chi connectivity index (χ0) is 14.1. The van der Waals surface area contributed by atoms with E-state index in [2.05, 4.69) is 38.3 Å². The lowest BCUT2D eigenvalue weighted by molar-refractivity contribution is 0.170. The molecule has 1 aromatic rings. The first-order chi connectivity index (χ1) is 9.66. The van der Waals surface area contributed by atoms with E-state index in [9.17, 15) is 4.79 Å². The Bertz CT molecular complexity index is 502. The van der Waals surface area contributed by atoms with Crippen molar-refractivity contribution in [3.05, 3.63) is 34.3 Å². The molecule has 20 heavy (non-hydrogen) atoms. The van der Waals surface area contributed by atoms with Crippen molar-refractivity contribution in [2.75, 3.05) is 26.7 Å². The van der Waals surface area contributed by atoms with Gasteiger partial charge in [0, 0.05) is 24.1 Å². The average molecular weight is 338 g/mol. The molecule has 0 spiro atoms. The van der Waals surface area contributed by atoms with Crippen LogP contribution in [0, 0.1) is 0 Å². The molecular weight excluding hydrogens is 318 g/mol. The summed E-state index contributed by atoms with van der Waals surface area (Å²) in [4.78, 5) is 16.4. The number of piperidine rings is 1. The first-order valence-electron chi connectivity index (χ1n) is 7.16. The molecule has 0 aliphatic carbocycles. The number of amides is 2. The molecule has 4 nitrogen and oxygen atoms in total. The summed E-state index contributed by atoms with van der Waals surface area (Å²) in [5, 5.41) is 3.36. The van der Waals surface area contributed by atoms with Crippen molar-refractivity contribution in [2.45, 2.75) is 24.9 Å².